The molecule has 0 spiro atoms. The van der Waals surface area contributed by atoms with Crippen LogP contribution in [0.3, 0.4) is 0 Å². The molecule has 0 bridgehead atoms. The predicted octanol–water partition coefficient (Wildman–Crippen LogP) is 4.21. The molecule has 4 rings (SSSR count). The van der Waals surface area contributed by atoms with Crippen molar-refractivity contribution in [3.63, 3.8) is 0 Å². The van der Waals surface area contributed by atoms with Crippen molar-refractivity contribution >= 4 is 39.2 Å². The van der Waals surface area contributed by atoms with Gasteiger partial charge in [0.25, 0.3) is 0 Å². The van der Waals surface area contributed by atoms with Crippen LogP contribution in [0.5, 0.6) is 0 Å². The Morgan fingerprint density at radius 1 is 1.50 bits per heavy atom. The first-order valence-electron chi connectivity index (χ1n) is 8.84. The van der Waals surface area contributed by atoms with Crippen LogP contribution in [0.2, 0.25) is 0 Å². The first-order valence-corrected chi connectivity index (χ1v) is 10.5. The number of carbonyl (C=O) groups excluding carboxylic acids is 1. The summed E-state index contributed by atoms with van der Waals surface area (Å²) in [6, 6.07) is 3.67. The van der Waals surface area contributed by atoms with Crippen LogP contribution in [-0.2, 0) is 24.2 Å². The van der Waals surface area contributed by atoms with Crippen molar-refractivity contribution in [3.05, 3.63) is 40.9 Å². The molecule has 0 aromatic carbocycles. The Bertz CT molecular complexity index is 920. The van der Waals surface area contributed by atoms with Crippen LogP contribution in [0, 0.1) is 5.92 Å². The highest BCUT2D eigenvalue weighted by atomic mass is 32.2. The molecule has 0 saturated heterocycles. The molecule has 0 radical (unpaired) electrons. The van der Waals surface area contributed by atoms with E-state index in [-0.39, 0.29) is 11.2 Å². The van der Waals surface area contributed by atoms with Crippen LogP contribution >= 0.6 is 23.1 Å². The maximum absolute atomic E-state index is 12.4. The van der Waals surface area contributed by atoms with Crippen LogP contribution in [0.1, 0.15) is 36.5 Å². The van der Waals surface area contributed by atoms with E-state index in [0.29, 0.717) is 6.54 Å². The Kier molecular flexibility index (Phi) is 5.00. The topological polar surface area (TPSA) is 68.0 Å². The lowest BCUT2D eigenvalue weighted by Gasteiger charge is -2.18. The van der Waals surface area contributed by atoms with Gasteiger partial charge in [0, 0.05) is 10.3 Å². The molecule has 0 unspecified atom stereocenters. The maximum Gasteiger partial charge on any atom is 0.233 e. The molecule has 0 aliphatic heterocycles. The Labute approximate surface area is 160 Å². The number of amides is 1. The molecule has 3 aromatic rings. The highest BCUT2D eigenvalue weighted by molar-refractivity contribution is 8.00. The molecule has 1 amide bonds. The third kappa shape index (κ3) is 3.50. The smallest absolute Gasteiger partial charge is 0.233 e. The molecule has 1 aliphatic rings. The highest BCUT2D eigenvalue weighted by Crippen LogP contribution is 2.41. The van der Waals surface area contributed by atoms with Gasteiger partial charge in [-0.25, -0.2) is 9.97 Å². The van der Waals surface area contributed by atoms with Gasteiger partial charge in [0.05, 0.1) is 18.1 Å². The van der Waals surface area contributed by atoms with Gasteiger partial charge in [0.15, 0.2) is 0 Å². The van der Waals surface area contributed by atoms with E-state index >= 15 is 0 Å². The van der Waals surface area contributed by atoms with Crippen LogP contribution < -0.4 is 5.32 Å². The van der Waals surface area contributed by atoms with Crippen molar-refractivity contribution in [3.8, 4) is 0 Å². The average molecular weight is 388 g/mol. The fourth-order valence-corrected chi connectivity index (χ4v) is 5.67. The number of aryl methyl sites for hydroxylation is 1. The Hall–Kier alpha value is -1.86. The zero-order chi connectivity index (χ0) is 18.1. The van der Waals surface area contributed by atoms with E-state index in [0.717, 1.165) is 39.8 Å². The van der Waals surface area contributed by atoms with E-state index < -0.39 is 0 Å². The number of furan rings is 1. The summed E-state index contributed by atoms with van der Waals surface area (Å²) in [7, 11) is 0. The predicted molar refractivity (Wildman–Crippen MR) is 104 cm³/mol. The number of fused-ring (bicyclic) bond motifs is 3. The quantitative estimate of drug-likeness (QED) is 0.525. The number of hydrogen-bond acceptors (Lipinski definition) is 6. The van der Waals surface area contributed by atoms with Gasteiger partial charge >= 0.3 is 0 Å². The molecule has 0 saturated carbocycles. The fraction of sp³-hybridized carbons (Fsp3) is 0.421. The minimum Gasteiger partial charge on any atom is -0.467 e. The van der Waals surface area contributed by atoms with Crippen molar-refractivity contribution in [2.24, 2.45) is 5.92 Å². The SMILES string of the molecule is C[C@H]1CCc2c(sc3ncnc(S[C@H](C)C(=O)NCc4ccco4)c23)C1. The second kappa shape index (κ2) is 7.40. The summed E-state index contributed by atoms with van der Waals surface area (Å²) in [5.41, 5.74) is 1.40. The summed E-state index contributed by atoms with van der Waals surface area (Å²) >= 11 is 3.29. The third-order valence-electron chi connectivity index (χ3n) is 4.73. The molecular formula is C19H21N3O2S2. The van der Waals surface area contributed by atoms with E-state index in [4.69, 9.17) is 4.42 Å². The van der Waals surface area contributed by atoms with E-state index in [1.54, 1.807) is 23.9 Å². The minimum atomic E-state index is -0.235. The standard InChI is InChI=1S/C19H21N3O2S2/c1-11-5-6-14-15(8-11)26-19-16(14)18(21-10-22-19)25-12(2)17(23)20-9-13-4-3-7-24-13/h3-4,7,10-12H,5-6,8-9H2,1-2H3,(H,20,23)/t11-,12+/m0/s1. The van der Waals surface area contributed by atoms with E-state index in [9.17, 15) is 4.79 Å². The van der Waals surface area contributed by atoms with Gasteiger partial charge in [-0.05, 0) is 49.8 Å². The van der Waals surface area contributed by atoms with Crippen LogP contribution in [0.25, 0.3) is 10.2 Å². The number of hydrogen-bond donors (Lipinski definition) is 1. The van der Waals surface area contributed by atoms with Gasteiger partial charge in [-0.1, -0.05) is 18.7 Å². The van der Waals surface area contributed by atoms with Gasteiger partial charge in [0.1, 0.15) is 21.9 Å². The fourth-order valence-electron chi connectivity index (χ4n) is 3.29. The second-order valence-electron chi connectivity index (χ2n) is 6.77. The van der Waals surface area contributed by atoms with Crippen LogP contribution in [0.15, 0.2) is 34.2 Å². The summed E-state index contributed by atoms with van der Waals surface area (Å²) in [6.07, 6.45) is 6.63. The van der Waals surface area contributed by atoms with Gasteiger partial charge in [-0.2, -0.15) is 0 Å². The molecule has 136 valence electrons. The summed E-state index contributed by atoms with van der Waals surface area (Å²) < 4.78 is 5.26. The summed E-state index contributed by atoms with van der Waals surface area (Å²) in [6.45, 7) is 4.62. The van der Waals surface area contributed by atoms with Gasteiger partial charge in [-0.15, -0.1) is 11.3 Å². The number of aromatic nitrogens is 2. The van der Waals surface area contributed by atoms with Crippen LogP contribution in [0.4, 0.5) is 0 Å². The molecule has 7 heteroatoms. The number of nitrogens with one attached hydrogen (secondary N) is 1. The summed E-state index contributed by atoms with van der Waals surface area (Å²) in [4.78, 5) is 23.9. The molecule has 0 fully saturated rings. The van der Waals surface area contributed by atoms with Crippen molar-refractivity contribution in [2.45, 2.75) is 49.9 Å². The lowest BCUT2D eigenvalue weighted by molar-refractivity contribution is -0.120. The number of nitrogens with zero attached hydrogens (tertiary/aromatic N) is 2. The van der Waals surface area contributed by atoms with Gasteiger partial charge in [0.2, 0.25) is 5.91 Å². The summed E-state index contributed by atoms with van der Waals surface area (Å²) in [5, 5.41) is 4.77. The largest absolute Gasteiger partial charge is 0.467 e. The van der Waals surface area contributed by atoms with E-state index in [1.165, 1.54) is 28.6 Å². The normalized spacial score (nSPS) is 17.8. The third-order valence-corrected chi connectivity index (χ3v) is 6.99. The van der Waals surface area contributed by atoms with Gasteiger partial charge in [-0.3, -0.25) is 4.79 Å². The molecule has 3 aromatic heterocycles. The molecule has 1 N–H and O–H groups in total. The molecular weight excluding hydrogens is 366 g/mol. The lowest BCUT2D eigenvalue weighted by Crippen LogP contribution is -2.30. The van der Waals surface area contributed by atoms with Crippen LogP contribution in [-0.4, -0.2) is 21.1 Å². The molecule has 3 heterocycles. The van der Waals surface area contributed by atoms with Crippen molar-refractivity contribution in [1.29, 1.82) is 0 Å². The Morgan fingerprint density at radius 3 is 3.19 bits per heavy atom. The molecule has 5 nitrogen and oxygen atoms in total. The van der Waals surface area contributed by atoms with Crippen molar-refractivity contribution in [2.75, 3.05) is 0 Å². The average Bonchev–Trinajstić information content (AvgIpc) is 3.26. The molecule has 26 heavy (non-hydrogen) atoms. The molecule has 1 aliphatic carbocycles. The number of rotatable bonds is 5. The van der Waals surface area contributed by atoms with Crippen molar-refractivity contribution in [1.82, 2.24) is 15.3 Å². The number of thioether (sulfide) groups is 1. The first-order chi connectivity index (χ1) is 12.6. The maximum atomic E-state index is 12.4. The number of thiophene rings is 1. The highest BCUT2D eigenvalue weighted by Gasteiger charge is 2.25. The Balaban J connectivity index is 1.52. The van der Waals surface area contributed by atoms with Gasteiger partial charge < -0.3 is 9.73 Å². The van der Waals surface area contributed by atoms with E-state index in [2.05, 4.69) is 22.2 Å². The monoisotopic (exact) mass is 387 g/mol. The zero-order valence-electron chi connectivity index (χ0n) is 14.8. The zero-order valence-corrected chi connectivity index (χ0v) is 16.5. The molecule has 2 atom stereocenters. The Morgan fingerprint density at radius 2 is 2.38 bits per heavy atom. The summed E-state index contributed by atoms with van der Waals surface area (Å²) in [5.74, 6) is 1.46. The van der Waals surface area contributed by atoms with E-state index in [1.807, 2.05) is 19.1 Å². The number of carbonyl (C=O) groups is 1. The second-order valence-corrected chi connectivity index (χ2v) is 9.18. The first kappa shape index (κ1) is 17.5. The minimum absolute atomic E-state index is 0.0177. The van der Waals surface area contributed by atoms with Crippen molar-refractivity contribution < 1.29 is 9.21 Å². The lowest BCUT2D eigenvalue weighted by atomic mass is 9.89.